The Morgan fingerprint density at radius 3 is 2.47 bits per heavy atom. The van der Waals surface area contributed by atoms with Gasteiger partial charge in [0.25, 0.3) is 0 Å². The first-order valence-electron chi connectivity index (χ1n) is 4.68. The monoisotopic (exact) mass is 290 g/mol. The predicted molar refractivity (Wildman–Crippen MR) is 60.6 cm³/mol. The molecule has 0 saturated carbocycles. The minimum atomic E-state index is -3.13. The Kier molecular flexibility index (Phi) is 3.13. The highest BCUT2D eigenvalue weighted by atomic mass is 79.9. The van der Waals surface area contributed by atoms with E-state index in [1.807, 2.05) is 0 Å². The lowest BCUT2D eigenvalue weighted by Gasteiger charge is -2.02. The smallest absolute Gasteiger partial charge is 0.178 e. The zero-order chi connectivity index (χ0) is 10.9. The van der Waals surface area contributed by atoms with Crippen LogP contribution in [0.5, 0.6) is 0 Å². The minimum Gasteiger partial charge on any atom is -0.373 e. The van der Waals surface area contributed by atoms with Gasteiger partial charge in [0, 0.05) is 4.47 Å². The van der Waals surface area contributed by atoms with E-state index in [4.69, 9.17) is 4.74 Å². The van der Waals surface area contributed by atoms with Gasteiger partial charge in [-0.2, -0.15) is 0 Å². The quantitative estimate of drug-likeness (QED) is 0.797. The predicted octanol–water partition coefficient (Wildman–Crippen LogP) is 2.01. The third-order valence-corrected chi connectivity index (χ3v) is 4.58. The summed E-state index contributed by atoms with van der Waals surface area (Å²) in [6, 6.07) is 6.71. The van der Waals surface area contributed by atoms with Crippen LogP contribution in [0.1, 0.15) is 6.42 Å². The van der Waals surface area contributed by atoms with Crippen LogP contribution in [-0.2, 0) is 14.6 Å². The normalized spacial score (nSPS) is 20.2. The molecule has 0 bridgehead atoms. The number of halogens is 1. The number of benzene rings is 1. The van der Waals surface area contributed by atoms with Gasteiger partial charge in [0.2, 0.25) is 0 Å². The van der Waals surface area contributed by atoms with Crippen molar-refractivity contribution >= 4 is 25.8 Å². The Morgan fingerprint density at radius 2 is 1.93 bits per heavy atom. The molecule has 3 nitrogen and oxygen atoms in total. The van der Waals surface area contributed by atoms with Gasteiger partial charge in [0.15, 0.2) is 9.84 Å². The van der Waals surface area contributed by atoms with Crippen LogP contribution in [0.15, 0.2) is 33.6 Å². The Balaban J connectivity index is 2.09. The van der Waals surface area contributed by atoms with E-state index in [-0.39, 0.29) is 11.9 Å². The van der Waals surface area contributed by atoms with Crippen LogP contribution in [0.3, 0.4) is 0 Å². The number of sulfone groups is 1. The van der Waals surface area contributed by atoms with E-state index in [1.54, 1.807) is 24.3 Å². The highest BCUT2D eigenvalue weighted by molar-refractivity contribution is 9.10. The molecule has 1 aromatic rings. The first kappa shape index (κ1) is 11.1. The summed E-state index contributed by atoms with van der Waals surface area (Å²) in [5.74, 6) is 0.166. The lowest BCUT2D eigenvalue weighted by Crippen LogP contribution is -2.08. The topological polar surface area (TPSA) is 46.7 Å². The van der Waals surface area contributed by atoms with Gasteiger partial charge < -0.3 is 4.74 Å². The van der Waals surface area contributed by atoms with Gasteiger partial charge in [-0.3, -0.25) is 0 Å². The number of hydrogen-bond acceptors (Lipinski definition) is 3. The lowest BCUT2D eigenvalue weighted by molar-refractivity contribution is 0.403. The maximum atomic E-state index is 11.8. The van der Waals surface area contributed by atoms with Crippen molar-refractivity contribution in [3.63, 3.8) is 0 Å². The van der Waals surface area contributed by atoms with Crippen LogP contribution in [0.2, 0.25) is 0 Å². The molecule has 2 rings (SSSR count). The number of ether oxygens (including phenoxy) is 1. The summed E-state index contributed by atoms with van der Waals surface area (Å²) in [6.07, 6.45) is 0.758. The van der Waals surface area contributed by atoms with E-state index >= 15 is 0 Å². The molecule has 1 fully saturated rings. The Labute approximate surface area is 97.5 Å². The maximum Gasteiger partial charge on any atom is 0.178 e. The van der Waals surface area contributed by atoms with Gasteiger partial charge in [0.1, 0.15) is 0 Å². The highest BCUT2D eigenvalue weighted by Gasteiger charge is 2.25. The zero-order valence-corrected chi connectivity index (χ0v) is 10.4. The standard InChI is InChI=1S/C10H11BrO3S/c11-8-1-3-10(4-2-8)15(12,13)6-5-9-7-14-9/h1-4,9H,5-7H2. The van der Waals surface area contributed by atoms with Crippen molar-refractivity contribution in [3.8, 4) is 0 Å². The first-order chi connectivity index (χ1) is 7.08. The molecule has 0 N–H and O–H groups in total. The average Bonchev–Trinajstić information content (AvgIpc) is 2.99. The second-order valence-electron chi connectivity index (χ2n) is 3.52. The van der Waals surface area contributed by atoms with Crippen molar-refractivity contribution in [3.05, 3.63) is 28.7 Å². The molecule has 1 saturated heterocycles. The summed E-state index contributed by atoms with van der Waals surface area (Å²) in [5.41, 5.74) is 0. The molecule has 1 heterocycles. The van der Waals surface area contributed by atoms with Gasteiger partial charge >= 0.3 is 0 Å². The summed E-state index contributed by atoms with van der Waals surface area (Å²) >= 11 is 3.27. The molecule has 1 aliphatic heterocycles. The number of hydrogen-bond donors (Lipinski definition) is 0. The van der Waals surface area contributed by atoms with Crippen molar-refractivity contribution in [2.75, 3.05) is 12.4 Å². The highest BCUT2D eigenvalue weighted by Crippen LogP contribution is 2.20. The van der Waals surface area contributed by atoms with Gasteiger partial charge in [-0.05, 0) is 30.7 Å². The van der Waals surface area contributed by atoms with Gasteiger partial charge in [-0.1, -0.05) is 15.9 Å². The number of epoxide rings is 1. The van der Waals surface area contributed by atoms with E-state index in [2.05, 4.69) is 15.9 Å². The van der Waals surface area contributed by atoms with Crippen LogP contribution in [-0.4, -0.2) is 26.9 Å². The second kappa shape index (κ2) is 4.23. The molecule has 82 valence electrons. The average molecular weight is 291 g/mol. The van der Waals surface area contributed by atoms with Crippen LogP contribution in [0.4, 0.5) is 0 Å². The molecule has 1 atom stereocenters. The summed E-state index contributed by atoms with van der Waals surface area (Å²) in [5, 5.41) is 0. The fourth-order valence-electron chi connectivity index (χ4n) is 1.28. The molecule has 0 spiro atoms. The molecule has 1 unspecified atom stereocenters. The van der Waals surface area contributed by atoms with Crippen LogP contribution in [0, 0.1) is 0 Å². The van der Waals surface area contributed by atoms with Crippen molar-refractivity contribution in [2.45, 2.75) is 17.4 Å². The number of rotatable bonds is 4. The van der Waals surface area contributed by atoms with Crippen molar-refractivity contribution < 1.29 is 13.2 Å². The Bertz CT molecular complexity index is 434. The molecule has 0 amide bonds. The van der Waals surface area contributed by atoms with Gasteiger partial charge in [-0.15, -0.1) is 0 Å². The molecule has 1 aliphatic rings. The molecule has 0 radical (unpaired) electrons. The van der Waals surface area contributed by atoms with Crippen molar-refractivity contribution in [1.29, 1.82) is 0 Å². The van der Waals surface area contributed by atoms with Crippen LogP contribution in [0.25, 0.3) is 0 Å². The molecule has 5 heteroatoms. The Morgan fingerprint density at radius 1 is 1.33 bits per heavy atom. The SMILES string of the molecule is O=S(=O)(CCC1CO1)c1ccc(Br)cc1. The second-order valence-corrected chi connectivity index (χ2v) is 6.54. The Hall–Kier alpha value is -0.390. The summed E-state index contributed by atoms with van der Waals surface area (Å²) < 4.78 is 29.5. The summed E-state index contributed by atoms with van der Waals surface area (Å²) in [6.45, 7) is 0.704. The van der Waals surface area contributed by atoms with Crippen molar-refractivity contribution in [1.82, 2.24) is 0 Å². The fraction of sp³-hybridized carbons (Fsp3) is 0.400. The largest absolute Gasteiger partial charge is 0.373 e. The zero-order valence-electron chi connectivity index (χ0n) is 8.02. The maximum absolute atomic E-state index is 11.8. The van der Waals surface area contributed by atoms with E-state index in [0.29, 0.717) is 17.9 Å². The summed E-state index contributed by atoms with van der Waals surface area (Å²) in [7, 11) is -3.13. The fourth-order valence-corrected chi connectivity index (χ4v) is 2.91. The summed E-state index contributed by atoms with van der Waals surface area (Å²) in [4.78, 5) is 0.381. The van der Waals surface area contributed by atoms with E-state index in [1.165, 1.54) is 0 Å². The molecule has 15 heavy (non-hydrogen) atoms. The third-order valence-electron chi connectivity index (χ3n) is 2.28. The van der Waals surface area contributed by atoms with E-state index < -0.39 is 9.84 Å². The van der Waals surface area contributed by atoms with E-state index in [9.17, 15) is 8.42 Å². The first-order valence-corrected chi connectivity index (χ1v) is 7.12. The minimum absolute atomic E-state index is 0.162. The van der Waals surface area contributed by atoms with Crippen LogP contribution >= 0.6 is 15.9 Å². The molecular weight excluding hydrogens is 280 g/mol. The van der Waals surface area contributed by atoms with Gasteiger partial charge in [0.05, 0.1) is 23.4 Å². The van der Waals surface area contributed by atoms with E-state index in [0.717, 1.165) is 4.47 Å². The molecule has 0 aliphatic carbocycles. The lowest BCUT2D eigenvalue weighted by atomic mass is 10.4. The van der Waals surface area contributed by atoms with Crippen molar-refractivity contribution in [2.24, 2.45) is 0 Å². The van der Waals surface area contributed by atoms with Gasteiger partial charge in [-0.25, -0.2) is 8.42 Å². The third kappa shape index (κ3) is 3.03. The van der Waals surface area contributed by atoms with Crippen LogP contribution < -0.4 is 0 Å². The molecular formula is C10H11BrO3S. The molecule has 0 aromatic heterocycles. The molecule has 1 aromatic carbocycles.